The topological polar surface area (TPSA) is 125 Å². The van der Waals surface area contributed by atoms with Crippen LogP contribution in [0, 0.1) is 17.8 Å². The van der Waals surface area contributed by atoms with Crippen molar-refractivity contribution >= 4 is 23.7 Å². The van der Waals surface area contributed by atoms with E-state index in [1.54, 1.807) is 17.1 Å². The van der Waals surface area contributed by atoms with Gasteiger partial charge in [0.05, 0.1) is 31.2 Å². The molecule has 4 aliphatic heterocycles. The van der Waals surface area contributed by atoms with E-state index in [4.69, 9.17) is 9.47 Å². The number of amides is 3. The number of esters is 1. The second kappa shape index (κ2) is 14.3. The number of nitrogens with one attached hydrogen (secondary N) is 1. The first-order valence-electron chi connectivity index (χ1n) is 16.5. The summed E-state index contributed by atoms with van der Waals surface area (Å²) >= 11 is 0. The average Bonchev–Trinajstić information content (AvgIpc) is 3.67. The molecular weight excluding hydrogens is 574 g/mol. The van der Waals surface area contributed by atoms with E-state index in [2.05, 4.69) is 12.2 Å². The third kappa shape index (κ3) is 6.58. The van der Waals surface area contributed by atoms with Crippen molar-refractivity contribution in [1.29, 1.82) is 0 Å². The van der Waals surface area contributed by atoms with Crippen LogP contribution in [0.25, 0.3) is 0 Å². The third-order valence-electron chi connectivity index (χ3n) is 9.45. The maximum Gasteiger partial charge on any atom is 0.313 e. The quantitative estimate of drug-likeness (QED) is 0.246. The maximum atomic E-state index is 14.7. The minimum Gasteiger partial charge on any atom is -0.455 e. The summed E-state index contributed by atoms with van der Waals surface area (Å²) in [5.41, 5.74) is -0.643. The summed E-state index contributed by atoms with van der Waals surface area (Å²) in [6.07, 6.45) is 9.77. The van der Waals surface area contributed by atoms with Crippen molar-refractivity contribution in [3.8, 4) is 0 Å². The van der Waals surface area contributed by atoms with Crippen LogP contribution in [0.2, 0.25) is 0 Å². The summed E-state index contributed by atoms with van der Waals surface area (Å²) in [5, 5.41) is 13.5. The van der Waals surface area contributed by atoms with E-state index in [0.29, 0.717) is 31.5 Å². The first kappa shape index (κ1) is 32.9. The summed E-state index contributed by atoms with van der Waals surface area (Å²) in [6.45, 7) is 6.68. The zero-order valence-corrected chi connectivity index (χ0v) is 26.6. The molecule has 1 spiro atoms. The summed E-state index contributed by atoms with van der Waals surface area (Å²) in [4.78, 5) is 59.2. The molecule has 1 aromatic carbocycles. The number of likely N-dealkylation sites (tertiary alicyclic amines) is 1. The van der Waals surface area contributed by atoms with Gasteiger partial charge in [-0.3, -0.25) is 19.2 Å². The number of fused-ring (bicyclic) bond motifs is 2. The highest BCUT2D eigenvalue weighted by Crippen LogP contribution is 2.56. The van der Waals surface area contributed by atoms with Crippen molar-refractivity contribution in [2.75, 3.05) is 26.2 Å². The fourth-order valence-electron chi connectivity index (χ4n) is 7.33. The van der Waals surface area contributed by atoms with Crippen LogP contribution < -0.4 is 5.32 Å². The van der Waals surface area contributed by atoms with Gasteiger partial charge in [-0.25, -0.2) is 0 Å². The molecule has 0 saturated carbocycles. The van der Waals surface area contributed by atoms with Crippen molar-refractivity contribution in [2.24, 2.45) is 17.8 Å². The Morgan fingerprint density at radius 3 is 2.56 bits per heavy atom. The molecule has 7 atom stereocenters. The average molecular weight is 622 g/mol. The number of carbonyl (C=O) groups excluding carboxylic acids is 4. The van der Waals surface area contributed by atoms with Gasteiger partial charge in [-0.15, -0.1) is 0 Å². The molecule has 0 unspecified atom stereocenters. The molecule has 5 rings (SSSR count). The number of unbranched alkanes of at least 4 members (excludes halogenated alkanes) is 2. The van der Waals surface area contributed by atoms with Crippen molar-refractivity contribution in [3.05, 3.63) is 60.2 Å². The number of aliphatic hydroxyl groups excluding tert-OH is 1. The Morgan fingerprint density at radius 1 is 1.07 bits per heavy atom. The smallest absolute Gasteiger partial charge is 0.313 e. The van der Waals surface area contributed by atoms with Gasteiger partial charge < -0.3 is 29.7 Å². The Kier molecular flexibility index (Phi) is 10.4. The number of cyclic esters (lactones) is 1. The van der Waals surface area contributed by atoms with Crippen LogP contribution in [-0.2, 0) is 28.7 Å². The van der Waals surface area contributed by atoms with Crippen LogP contribution in [0.15, 0.2) is 54.6 Å². The van der Waals surface area contributed by atoms with Crippen LogP contribution in [-0.4, -0.2) is 88.6 Å². The molecule has 10 nitrogen and oxygen atoms in total. The first-order valence-corrected chi connectivity index (χ1v) is 16.5. The Balaban J connectivity index is 1.57. The van der Waals surface area contributed by atoms with E-state index in [0.717, 1.165) is 19.3 Å². The van der Waals surface area contributed by atoms with Crippen molar-refractivity contribution < 1.29 is 33.8 Å². The lowest BCUT2D eigenvalue weighted by molar-refractivity contribution is -0.160. The first-order chi connectivity index (χ1) is 21.7. The van der Waals surface area contributed by atoms with Crippen LogP contribution in [0.4, 0.5) is 0 Å². The fourth-order valence-corrected chi connectivity index (χ4v) is 7.33. The molecule has 45 heavy (non-hydrogen) atoms. The summed E-state index contributed by atoms with van der Waals surface area (Å²) in [7, 11) is 0. The lowest BCUT2D eigenvalue weighted by atomic mass is 9.74. The number of nitrogens with zero attached hydrogens (tertiary/aromatic N) is 2. The highest BCUT2D eigenvalue weighted by molar-refractivity contribution is 5.99. The minimum atomic E-state index is -1.36. The molecule has 0 radical (unpaired) electrons. The van der Waals surface area contributed by atoms with Crippen LogP contribution in [0.3, 0.4) is 0 Å². The van der Waals surface area contributed by atoms with Crippen molar-refractivity contribution in [3.63, 3.8) is 0 Å². The standard InChI is InChI=1S/C35H47N3O7/c1-4-5-11-18-37-19-12-7-10-15-28(40)36-21-27(24-13-8-6-9-14-24)44-34(43)29-26-16-17-35(45-26)30(29)32(41)38(31(35)33(37)42)25(22-39)20-23(2)3/h6-9,12-14,16-17,23,25-27,29-31,39H,4-5,10-11,15,18-22H2,1-3H3,(H,36,40)/b12-7-/t25-,26+,27+,29-,30-,31+,35-/m1/s1. The molecule has 10 heteroatoms. The predicted molar refractivity (Wildman–Crippen MR) is 167 cm³/mol. The molecule has 3 amide bonds. The Labute approximate surface area is 265 Å². The highest BCUT2D eigenvalue weighted by atomic mass is 16.6. The highest BCUT2D eigenvalue weighted by Gasteiger charge is 2.74. The van der Waals surface area contributed by atoms with Gasteiger partial charge in [0.25, 0.3) is 0 Å². The van der Waals surface area contributed by atoms with Crippen molar-refractivity contribution in [2.45, 2.75) is 89.2 Å². The number of rotatable bonds is 9. The zero-order valence-electron chi connectivity index (χ0n) is 26.6. The number of ether oxygens (including phenoxy) is 2. The second-order valence-corrected chi connectivity index (χ2v) is 13.1. The van der Waals surface area contributed by atoms with Gasteiger partial charge in [-0.2, -0.15) is 0 Å². The van der Waals surface area contributed by atoms with E-state index >= 15 is 0 Å². The van der Waals surface area contributed by atoms with E-state index in [1.165, 1.54) is 4.90 Å². The van der Waals surface area contributed by atoms with Gasteiger partial charge in [0.2, 0.25) is 17.7 Å². The predicted octanol–water partition coefficient (Wildman–Crippen LogP) is 3.31. The monoisotopic (exact) mass is 621 g/mol. The van der Waals surface area contributed by atoms with Crippen molar-refractivity contribution in [1.82, 2.24) is 15.1 Å². The largest absolute Gasteiger partial charge is 0.455 e. The molecule has 2 saturated heterocycles. The normalized spacial score (nSPS) is 31.7. The number of aliphatic hydroxyl groups is 1. The number of benzene rings is 1. The number of allylic oxidation sites excluding steroid dienone is 1. The maximum absolute atomic E-state index is 14.7. The van der Waals surface area contributed by atoms with E-state index in [9.17, 15) is 24.3 Å². The molecule has 4 aliphatic rings. The SMILES string of the molecule is CCCCCN1C/C=C\CCC(=O)NC[C@@H](c2ccccc2)OC(=O)[C@@H]2[C@@H]3C=C[C@]4(O3)[C@H](C1=O)N([C@@H](CO)CC(C)C)C(=O)[C@@H]24. The van der Waals surface area contributed by atoms with Gasteiger partial charge in [0.1, 0.15) is 23.7 Å². The Bertz CT molecular complexity index is 1300. The number of carbonyl (C=O) groups is 4. The van der Waals surface area contributed by atoms with Gasteiger partial charge in [-0.1, -0.05) is 88.2 Å². The number of hydrogen-bond donors (Lipinski definition) is 2. The van der Waals surface area contributed by atoms with E-state index in [-0.39, 0.29) is 43.2 Å². The van der Waals surface area contributed by atoms with Gasteiger partial charge >= 0.3 is 5.97 Å². The summed E-state index contributed by atoms with van der Waals surface area (Å²) in [5.74, 6) is -3.25. The van der Waals surface area contributed by atoms with Crippen LogP contribution in [0.5, 0.6) is 0 Å². The number of hydrogen-bond acceptors (Lipinski definition) is 7. The van der Waals surface area contributed by atoms with Gasteiger partial charge in [0.15, 0.2) is 0 Å². The molecule has 244 valence electrons. The molecule has 0 aliphatic carbocycles. The molecule has 2 N–H and O–H groups in total. The van der Waals surface area contributed by atoms with E-state index < -0.39 is 47.7 Å². The Hall–Kier alpha value is -3.50. The molecule has 0 aromatic heterocycles. The van der Waals surface area contributed by atoms with Crippen LogP contribution in [0.1, 0.15) is 71.0 Å². The minimum absolute atomic E-state index is 0.0789. The summed E-state index contributed by atoms with van der Waals surface area (Å²) < 4.78 is 12.6. The lowest BCUT2D eigenvalue weighted by Gasteiger charge is -2.39. The van der Waals surface area contributed by atoms with Crippen LogP contribution >= 0.6 is 0 Å². The summed E-state index contributed by atoms with van der Waals surface area (Å²) in [6, 6.07) is 7.53. The molecular formula is C35H47N3O7. The molecule has 4 heterocycles. The lowest BCUT2D eigenvalue weighted by Crippen LogP contribution is -2.58. The molecule has 2 fully saturated rings. The molecule has 1 aromatic rings. The van der Waals surface area contributed by atoms with E-state index in [1.807, 2.05) is 56.3 Å². The van der Waals surface area contributed by atoms with Gasteiger partial charge in [0, 0.05) is 19.5 Å². The van der Waals surface area contributed by atoms with Gasteiger partial charge in [-0.05, 0) is 30.7 Å². The fraction of sp³-hybridized carbons (Fsp3) is 0.600. The Morgan fingerprint density at radius 2 is 1.84 bits per heavy atom. The second-order valence-electron chi connectivity index (χ2n) is 13.1. The third-order valence-corrected chi connectivity index (χ3v) is 9.45. The zero-order chi connectivity index (χ0) is 32.1. The molecule has 5 bridgehead atoms.